The van der Waals surface area contributed by atoms with Crippen molar-refractivity contribution in [3.63, 3.8) is 0 Å². The largest absolute Gasteiger partial charge is 0.478 e. The molecule has 2 aromatic rings. The Morgan fingerprint density at radius 2 is 2.21 bits per heavy atom. The molecule has 1 aromatic carbocycles. The van der Waals surface area contributed by atoms with Crippen LogP contribution in [0.3, 0.4) is 0 Å². The number of fused-ring (bicyclic) bond motifs is 1. The molecule has 72 valence electrons. The van der Waals surface area contributed by atoms with E-state index in [1.807, 2.05) is 0 Å². The molecular formula is C9H5FO2S2. The van der Waals surface area contributed by atoms with Gasteiger partial charge in [-0.3, -0.25) is 0 Å². The Morgan fingerprint density at radius 3 is 2.86 bits per heavy atom. The summed E-state index contributed by atoms with van der Waals surface area (Å²) in [6.45, 7) is 0. The van der Waals surface area contributed by atoms with Gasteiger partial charge in [0.15, 0.2) is 0 Å². The number of carboxylic acid groups (broad SMARTS) is 1. The van der Waals surface area contributed by atoms with E-state index in [0.29, 0.717) is 5.39 Å². The van der Waals surface area contributed by atoms with Crippen molar-refractivity contribution in [2.75, 3.05) is 0 Å². The second-order valence-electron chi connectivity index (χ2n) is 2.72. The summed E-state index contributed by atoms with van der Waals surface area (Å²) in [5, 5.41) is 10.7. The molecule has 1 aromatic heterocycles. The summed E-state index contributed by atoms with van der Waals surface area (Å²) in [4.78, 5) is 10.9. The van der Waals surface area contributed by atoms with Gasteiger partial charge in [0.05, 0.1) is 5.56 Å². The molecule has 1 heterocycles. The Labute approximate surface area is 88.4 Å². The molecule has 14 heavy (non-hydrogen) atoms. The topological polar surface area (TPSA) is 37.3 Å². The Morgan fingerprint density at radius 1 is 1.50 bits per heavy atom. The highest BCUT2D eigenvalue weighted by Crippen LogP contribution is 2.32. The molecule has 0 fully saturated rings. The smallest absolute Gasteiger partial charge is 0.337 e. The van der Waals surface area contributed by atoms with Crippen molar-refractivity contribution in [3.8, 4) is 0 Å². The molecule has 2 rings (SSSR count). The molecule has 0 radical (unpaired) electrons. The van der Waals surface area contributed by atoms with Gasteiger partial charge in [-0.25, -0.2) is 9.18 Å². The predicted octanol–water partition coefficient (Wildman–Crippen LogP) is 3.03. The van der Waals surface area contributed by atoms with Gasteiger partial charge in [-0.1, -0.05) is 0 Å². The van der Waals surface area contributed by atoms with E-state index < -0.39 is 11.8 Å². The molecule has 0 saturated heterocycles. The lowest BCUT2D eigenvalue weighted by molar-refractivity contribution is 0.0699. The van der Waals surface area contributed by atoms with Crippen molar-refractivity contribution in [3.05, 3.63) is 28.9 Å². The number of hydrogen-bond donors (Lipinski definition) is 2. The number of aromatic carboxylic acids is 1. The number of carbonyl (C=O) groups is 1. The Balaban J connectivity index is 2.89. The first kappa shape index (κ1) is 9.48. The van der Waals surface area contributed by atoms with E-state index in [9.17, 15) is 9.18 Å². The number of thiol groups is 1. The third kappa shape index (κ3) is 1.29. The van der Waals surface area contributed by atoms with Gasteiger partial charge in [0.2, 0.25) is 0 Å². The van der Waals surface area contributed by atoms with E-state index in [-0.39, 0.29) is 10.5 Å². The molecule has 0 amide bonds. The number of carboxylic acids is 1. The van der Waals surface area contributed by atoms with Gasteiger partial charge in [0.25, 0.3) is 0 Å². The maximum Gasteiger partial charge on any atom is 0.337 e. The Hall–Kier alpha value is -1.07. The summed E-state index contributed by atoms with van der Waals surface area (Å²) in [6.07, 6.45) is 0. The van der Waals surface area contributed by atoms with Crippen LogP contribution < -0.4 is 0 Å². The summed E-state index contributed by atoms with van der Waals surface area (Å²) in [5.74, 6) is -1.56. The van der Waals surface area contributed by atoms with Crippen LogP contribution in [0.2, 0.25) is 0 Å². The quantitative estimate of drug-likeness (QED) is 0.736. The zero-order valence-corrected chi connectivity index (χ0v) is 8.53. The van der Waals surface area contributed by atoms with Crippen LogP contribution in [0.25, 0.3) is 10.1 Å². The zero-order valence-electron chi connectivity index (χ0n) is 6.82. The van der Waals surface area contributed by atoms with Gasteiger partial charge in [0, 0.05) is 20.4 Å². The van der Waals surface area contributed by atoms with Crippen molar-refractivity contribution >= 4 is 40.0 Å². The van der Waals surface area contributed by atoms with Gasteiger partial charge < -0.3 is 5.11 Å². The van der Waals surface area contributed by atoms with E-state index in [0.717, 1.165) is 4.70 Å². The minimum atomic E-state index is -1.06. The second kappa shape index (κ2) is 3.25. The summed E-state index contributed by atoms with van der Waals surface area (Å²) in [6, 6.07) is 2.84. The highest BCUT2D eigenvalue weighted by Gasteiger charge is 2.15. The lowest BCUT2D eigenvalue weighted by Gasteiger charge is -1.98. The van der Waals surface area contributed by atoms with Crippen LogP contribution >= 0.6 is 24.0 Å². The number of thiophene rings is 1. The van der Waals surface area contributed by atoms with E-state index in [1.165, 1.54) is 22.8 Å². The van der Waals surface area contributed by atoms with Crippen molar-refractivity contribution < 1.29 is 14.3 Å². The van der Waals surface area contributed by atoms with Gasteiger partial charge in [-0.2, -0.15) is 0 Å². The fraction of sp³-hybridized carbons (Fsp3) is 0. The van der Waals surface area contributed by atoms with Crippen LogP contribution in [0, 0.1) is 5.82 Å². The van der Waals surface area contributed by atoms with E-state index in [2.05, 4.69) is 12.6 Å². The average Bonchev–Trinajstić information content (AvgIpc) is 2.55. The molecular weight excluding hydrogens is 223 g/mol. The summed E-state index contributed by atoms with van der Waals surface area (Å²) in [7, 11) is 0. The van der Waals surface area contributed by atoms with Crippen molar-refractivity contribution in [2.24, 2.45) is 0 Å². The molecule has 0 aliphatic rings. The summed E-state index contributed by atoms with van der Waals surface area (Å²) in [5.41, 5.74) is 0.106. The first-order valence-corrected chi connectivity index (χ1v) is 5.06. The van der Waals surface area contributed by atoms with Crippen LogP contribution in [0.5, 0.6) is 0 Å². The van der Waals surface area contributed by atoms with Crippen LogP contribution in [0.1, 0.15) is 10.4 Å². The first-order valence-electron chi connectivity index (χ1n) is 3.73. The van der Waals surface area contributed by atoms with E-state index in [4.69, 9.17) is 5.11 Å². The lowest BCUT2D eigenvalue weighted by Crippen LogP contribution is -1.94. The van der Waals surface area contributed by atoms with Gasteiger partial charge in [0.1, 0.15) is 5.82 Å². The van der Waals surface area contributed by atoms with Crippen molar-refractivity contribution in [1.82, 2.24) is 0 Å². The third-order valence-corrected chi connectivity index (χ3v) is 3.28. The van der Waals surface area contributed by atoms with Crippen LogP contribution in [-0.2, 0) is 0 Å². The summed E-state index contributed by atoms with van der Waals surface area (Å²) >= 11 is 5.23. The predicted molar refractivity (Wildman–Crippen MR) is 56.0 cm³/mol. The molecule has 0 aliphatic carbocycles. The fourth-order valence-electron chi connectivity index (χ4n) is 1.24. The van der Waals surface area contributed by atoms with Gasteiger partial charge >= 0.3 is 5.97 Å². The highest BCUT2D eigenvalue weighted by atomic mass is 32.1. The molecule has 0 bridgehead atoms. The molecule has 0 spiro atoms. The third-order valence-electron chi connectivity index (χ3n) is 1.89. The van der Waals surface area contributed by atoms with Gasteiger partial charge in [-0.05, 0) is 12.1 Å². The Bertz CT molecular complexity index is 519. The van der Waals surface area contributed by atoms with Crippen molar-refractivity contribution in [1.29, 1.82) is 0 Å². The zero-order chi connectivity index (χ0) is 10.3. The monoisotopic (exact) mass is 228 g/mol. The molecule has 2 nitrogen and oxygen atoms in total. The number of benzene rings is 1. The minimum absolute atomic E-state index is 0.0983. The van der Waals surface area contributed by atoms with Crippen LogP contribution in [0.15, 0.2) is 22.4 Å². The average molecular weight is 228 g/mol. The molecule has 0 saturated carbocycles. The van der Waals surface area contributed by atoms with Crippen LogP contribution in [0.4, 0.5) is 4.39 Å². The molecule has 0 aliphatic heterocycles. The summed E-state index contributed by atoms with van der Waals surface area (Å²) < 4.78 is 13.8. The number of hydrogen-bond acceptors (Lipinski definition) is 3. The molecule has 5 heteroatoms. The molecule has 1 N–H and O–H groups in total. The Kier molecular flexibility index (Phi) is 2.20. The SMILES string of the molecule is O=C(O)c1csc2ccc(F)c(S)c12. The maximum atomic E-state index is 13.1. The van der Waals surface area contributed by atoms with E-state index >= 15 is 0 Å². The first-order chi connectivity index (χ1) is 6.61. The van der Waals surface area contributed by atoms with Crippen molar-refractivity contribution in [2.45, 2.75) is 4.90 Å². The lowest BCUT2D eigenvalue weighted by atomic mass is 10.2. The highest BCUT2D eigenvalue weighted by molar-refractivity contribution is 7.80. The standard InChI is InChI=1S/C9H5FO2S2/c10-5-1-2-6-7(8(5)13)4(3-14-6)9(11)12/h1-3,13H,(H,11,12). The molecule has 0 unspecified atom stereocenters. The van der Waals surface area contributed by atoms with Crippen LogP contribution in [-0.4, -0.2) is 11.1 Å². The number of rotatable bonds is 1. The minimum Gasteiger partial charge on any atom is -0.478 e. The van der Waals surface area contributed by atoms with E-state index in [1.54, 1.807) is 6.07 Å². The van der Waals surface area contributed by atoms with Gasteiger partial charge in [-0.15, -0.1) is 24.0 Å². The normalized spacial score (nSPS) is 10.7. The molecule has 0 atom stereocenters. The maximum absolute atomic E-state index is 13.1. The number of halogens is 1. The fourth-order valence-corrected chi connectivity index (χ4v) is 2.58. The second-order valence-corrected chi connectivity index (χ2v) is 4.08.